The first-order valence-corrected chi connectivity index (χ1v) is 6.36. The fourth-order valence-corrected chi connectivity index (χ4v) is 1.76. The first-order chi connectivity index (χ1) is 8.34. The molecule has 1 aromatic heterocycles. The Morgan fingerprint density at radius 2 is 1.88 bits per heavy atom. The second-order valence-corrected chi connectivity index (χ2v) is 4.67. The number of halogens is 1. The largest absolute Gasteiger partial charge is 0.376 e. The molecule has 0 aliphatic rings. The predicted octanol–water partition coefficient (Wildman–Crippen LogP) is 3.60. The summed E-state index contributed by atoms with van der Waals surface area (Å²) in [6.45, 7) is 1.35. The van der Waals surface area contributed by atoms with Crippen LogP contribution < -0.4 is 0 Å². The highest BCUT2D eigenvalue weighted by atomic mass is 79.9. The van der Waals surface area contributed by atoms with Crippen LogP contribution in [-0.2, 0) is 17.8 Å². The third kappa shape index (κ3) is 4.29. The number of pyridine rings is 1. The van der Waals surface area contributed by atoms with Crippen molar-refractivity contribution in [3.8, 4) is 0 Å². The van der Waals surface area contributed by atoms with Crippen LogP contribution >= 0.6 is 15.9 Å². The topological polar surface area (TPSA) is 22.1 Å². The summed E-state index contributed by atoms with van der Waals surface area (Å²) in [6.07, 6.45) is 2.67. The number of ether oxygens (including phenoxy) is 1. The lowest BCUT2D eigenvalue weighted by molar-refractivity contribution is 0.123. The van der Waals surface area contributed by atoms with Gasteiger partial charge in [-0.05, 0) is 29.8 Å². The van der Waals surface area contributed by atoms with E-state index in [4.69, 9.17) is 4.74 Å². The molecule has 0 amide bonds. The van der Waals surface area contributed by atoms with Crippen LogP contribution in [-0.4, -0.2) is 11.6 Å². The van der Waals surface area contributed by atoms with Crippen LogP contribution in [0.25, 0.3) is 0 Å². The van der Waals surface area contributed by atoms with Gasteiger partial charge < -0.3 is 4.74 Å². The van der Waals surface area contributed by atoms with Gasteiger partial charge in [0.1, 0.15) is 0 Å². The summed E-state index contributed by atoms with van der Waals surface area (Å²) >= 11 is 3.41. The maximum absolute atomic E-state index is 5.61. The summed E-state index contributed by atoms with van der Waals surface area (Å²) in [6, 6.07) is 14.1. The maximum atomic E-state index is 5.61. The molecule has 17 heavy (non-hydrogen) atoms. The van der Waals surface area contributed by atoms with E-state index in [1.807, 2.05) is 36.5 Å². The monoisotopic (exact) mass is 291 g/mol. The highest BCUT2D eigenvalue weighted by Crippen LogP contribution is 2.11. The molecule has 1 aromatic carbocycles. The van der Waals surface area contributed by atoms with E-state index in [0.717, 1.165) is 16.6 Å². The molecule has 0 spiro atoms. The Hall–Kier alpha value is -1.19. The van der Waals surface area contributed by atoms with Crippen molar-refractivity contribution in [2.45, 2.75) is 13.0 Å². The minimum Gasteiger partial charge on any atom is -0.376 e. The summed E-state index contributed by atoms with van der Waals surface area (Å²) < 4.78 is 6.70. The molecule has 0 atom stereocenters. The van der Waals surface area contributed by atoms with Crippen LogP contribution in [0, 0.1) is 0 Å². The standard InChI is InChI=1S/C14H14BrNO/c15-13-6-4-12(5-7-13)11-17-10-8-14-3-1-2-9-16-14/h1-7,9H,8,10-11H2. The average molecular weight is 292 g/mol. The fraction of sp³-hybridized carbons (Fsp3) is 0.214. The van der Waals surface area contributed by atoms with Crippen LogP contribution in [0.2, 0.25) is 0 Å². The van der Waals surface area contributed by atoms with E-state index in [1.165, 1.54) is 5.56 Å². The zero-order valence-corrected chi connectivity index (χ0v) is 11.1. The highest BCUT2D eigenvalue weighted by Gasteiger charge is 1.95. The fourth-order valence-electron chi connectivity index (χ4n) is 1.49. The van der Waals surface area contributed by atoms with Crippen LogP contribution in [0.1, 0.15) is 11.3 Å². The van der Waals surface area contributed by atoms with Gasteiger partial charge >= 0.3 is 0 Å². The number of aromatic nitrogens is 1. The summed E-state index contributed by atoms with van der Waals surface area (Å²) in [4.78, 5) is 4.25. The van der Waals surface area contributed by atoms with Crippen molar-refractivity contribution >= 4 is 15.9 Å². The summed E-state index contributed by atoms with van der Waals surface area (Å²) in [7, 11) is 0. The number of hydrogen-bond donors (Lipinski definition) is 0. The molecule has 2 rings (SSSR count). The number of nitrogens with zero attached hydrogens (tertiary/aromatic N) is 1. The van der Waals surface area contributed by atoms with Gasteiger partial charge in [0.05, 0.1) is 13.2 Å². The molecular formula is C14H14BrNO. The summed E-state index contributed by atoms with van der Waals surface area (Å²) in [5.74, 6) is 0. The second kappa shape index (κ2) is 6.52. The molecule has 0 bridgehead atoms. The molecule has 0 saturated carbocycles. The molecule has 0 radical (unpaired) electrons. The van der Waals surface area contributed by atoms with Crippen molar-refractivity contribution in [2.24, 2.45) is 0 Å². The van der Waals surface area contributed by atoms with Gasteiger partial charge in [0.25, 0.3) is 0 Å². The molecule has 0 aliphatic heterocycles. The lowest BCUT2D eigenvalue weighted by atomic mass is 10.2. The molecule has 1 heterocycles. The smallest absolute Gasteiger partial charge is 0.0717 e. The minimum atomic E-state index is 0.653. The molecule has 0 unspecified atom stereocenters. The van der Waals surface area contributed by atoms with E-state index in [9.17, 15) is 0 Å². The Morgan fingerprint density at radius 3 is 2.59 bits per heavy atom. The zero-order valence-electron chi connectivity index (χ0n) is 9.47. The van der Waals surface area contributed by atoms with E-state index in [0.29, 0.717) is 13.2 Å². The van der Waals surface area contributed by atoms with Crippen molar-refractivity contribution in [3.63, 3.8) is 0 Å². The lowest BCUT2D eigenvalue weighted by Gasteiger charge is -2.04. The van der Waals surface area contributed by atoms with Crippen molar-refractivity contribution in [2.75, 3.05) is 6.61 Å². The quantitative estimate of drug-likeness (QED) is 0.785. The lowest BCUT2D eigenvalue weighted by Crippen LogP contribution is -2.00. The SMILES string of the molecule is Brc1ccc(COCCc2ccccn2)cc1. The molecule has 2 aromatic rings. The molecule has 2 nitrogen and oxygen atoms in total. The Balaban J connectivity index is 1.71. The van der Waals surface area contributed by atoms with Gasteiger partial charge in [-0.1, -0.05) is 34.1 Å². The summed E-state index contributed by atoms with van der Waals surface area (Å²) in [5, 5.41) is 0. The summed E-state index contributed by atoms with van der Waals surface area (Å²) in [5.41, 5.74) is 2.26. The molecule has 0 saturated heterocycles. The first-order valence-electron chi connectivity index (χ1n) is 5.57. The van der Waals surface area contributed by atoms with Crippen molar-refractivity contribution in [1.82, 2.24) is 4.98 Å². The molecule has 88 valence electrons. The second-order valence-electron chi connectivity index (χ2n) is 3.75. The van der Waals surface area contributed by atoms with Gasteiger partial charge in [0, 0.05) is 22.8 Å². The van der Waals surface area contributed by atoms with Crippen LogP contribution in [0.5, 0.6) is 0 Å². The van der Waals surface area contributed by atoms with E-state index in [1.54, 1.807) is 0 Å². The van der Waals surface area contributed by atoms with Crippen molar-refractivity contribution in [3.05, 3.63) is 64.4 Å². The van der Waals surface area contributed by atoms with Crippen molar-refractivity contribution in [1.29, 1.82) is 0 Å². The molecule has 0 fully saturated rings. The van der Waals surface area contributed by atoms with Crippen molar-refractivity contribution < 1.29 is 4.74 Å². The maximum Gasteiger partial charge on any atom is 0.0717 e. The van der Waals surface area contributed by atoms with Gasteiger partial charge in [0.15, 0.2) is 0 Å². The highest BCUT2D eigenvalue weighted by molar-refractivity contribution is 9.10. The molecule has 0 aliphatic carbocycles. The van der Waals surface area contributed by atoms with Crippen LogP contribution in [0.4, 0.5) is 0 Å². The van der Waals surface area contributed by atoms with E-state index >= 15 is 0 Å². The Bertz CT molecular complexity index is 442. The third-order valence-corrected chi connectivity index (χ3v) is 2.94. The van der Waals surface area contributed by atoms with E-state index in [-0.39, 0.29) is 0 Å². The van der Waals surface area contributed by atoms with E-state index in [2.05, 4.69) is 33.0 Å². The number of rotatable bonds is 5. The van der Waals surface area contributed by atoms with Crippen LogP contribution in [0.15, 0.2) is 53.1 Å². The Morgan fingerprint density at radius 1 is 1.06 bits per heavy atom. The van der Waals surface area contributed by atoms with E-state index < -0.39 is 0 Å². The Kier molecular flexibility index (Phi) is 4.71. The van der Waals surface area contributed by atoms with Crippen LogP contribution in [0.3, 0.4) is 0 Å². The van der Waals surface area contributed by atoms with Gasteiger partial charge in [-0.25, -0.2) is 0 Å². The molecular weight excluding hydrogens is 278 g/mol. The van der Waals surface area contributed by atoms with Gasteiger partial charge in [-0.15, -0.1) is 0 Å². The Labute approximate surface area is 110 Å². The average Bonchev–Trinajstić information content (AvgIpc) is 2.38. The predicted molar refractivity (Wildman–Crippen MR) is 71.7 cm³/mol. The molecule has 3 heteroatoms. The third-order valence-electron chi connectivity index (χ3n) is 2.41. The van der Waals surface area contributed by atoms with Gasteiger partial charge in [-0.2, -0.15) is 0 Å². The number of hydrogen-bond acceptors (Lipinski definition) is 2. The zero-order chi connectivity index (χ0) is 11.9. The van der Waals surface area contributed by atoms with Gasteiger partial charge in [0.2, 0.25) is 0 Å². The first kappa shape index (κ1) is 12.3. The normalized spacial score (nSPS) is 10.4. The minimum absolute atomic E-state index is 0.653. The molecule has 0 N–H and O–H groups in total. The number of benzene rings is 1. The van der Waals surface area contributed by atoms with Gasteiger partial charge in [-0.3, -0.25) is 4.98 Å².